The number of likely N-dealkylation sites (tertiary alicyclic amines) is 2. The summed E-state index contributed by atoms with van der Waals surface area (Å²) in [5.74, 6) is -1.61. The molecule has 1 atom stereocenters. The number of carboxylic acid groups (broad SMARTS) is 1. The fourth-order valence-electron chi connectivity index (χ4n) is 3.90. The lowest BCUT2D eigenvalue weighted by Crippen LogP contribution is -2.55. The average Bonchev–Trinajstić information content (AvgIpc) is 2.78. The Hall–Kier alpha value is -1.37. The third-order valence-corrected chi connectivity index (χ3v) is 6.07. The van der Waals surface area contributed by atoms with E-state index in [1.54, 1.807) is 24.3 Å². The molecule has 1 aromatic heterocycles. The number of aliphatic carboxylic acids is 1. The number of hydrogen-bond acceptors (Lipinski definition) is 4. The van der Waals surface area contributed by atoms with Crippen LogP contribution in [0.3, 0.4) is 0 Å². The number of pyridine rings is 1. The van der Waals surface area contributed by atoms with Gasteiger partial charge < -0.3 is 10.0 Å². The first-order chi connectivity index (χ1) is 11.3. The normalized spacial score (nSPS) is 23.9. The summed E-state index contributed by atoms with van der Waals surface area (Å²) >= 11 is 12.3. The molecule has 2 fully saturated rings. The van der Waals surface area contributed by atoms with E-state index in [2.05, 4.69) is 9.88 Å². The Morgan fingerprint density at radius 2 is 1.92 bits per heavy atom. The average molecular weight is 372 g/mol. The van der Waals surface area contributed by atoms with E-state index in [0.29, 0.717) is 42.5 Å². The molecule has 0 unspecified atom stereocenters. The first kappa shape index (κ1) is 17.5. The van der Waals surface area contributed by atoms with Gasteiger partial charge in [-0.1, -0.05) is 23.2 Å². The molecule has 0 aromatic carbocycles. The molecule has 24 heavy (non-hydrogen) atoms. The number of aromatic nitrogens is 1. The number of rotatable bonds is 3. The molecule has 0 aliphatic carbocycles. The largest absolute Gasteiger partial charge is 0.481 e. The molecular formula is C16H19Cl2N3O3. The van der Waals surface area contributed by atoms with Gasteiger partial charge in [0.25, 0.3) is 0 Å². The van der Waals surface area contributed by atoms with Gasteiger partial charge in [-0.05, 0) is 12.8 Å². The Balaban J connectivity index is 1.73. The van der Waals surface area contributed by atoms with Gasteiger partial charge in [-0.15, -0.1) is 0 Å². The molecule has 1 spiro atoms. The Morgan fingerprint density at radius 3 is 2.46 bits per heavy atom. The standard InChI is InChI=1S/C16H19Cl2N3O3/c1-20-14(22)6-11(15(23)24)16(20)2-4-21(5-3-16)9-10-12(17)7-19-8-13(10)18/h7-8,11H,2-6,9H2,1H3,(H,23,24)/t11-/m0/s1. The van der Waals surface area contributed by atoms with E-state index < -0.39 is 17.4 Å². The summed E-state index contributed by atoms with van der Waals surface area (Å²) in [5, 5.41) is 10.6. The van der Waals surface area contributed by atoms with Gasteiger partial charge in [-0.3, -0.25) is 19.5 Å². The van der Waals surface area contributed by atoms with E-state index in [-0.39, 0.29) is 12.3 Å². The van der Waals surface area contributed by atoms with Crippen LogP contribution >= 0.6 is 23.2 Å². The minimum Gasteiger partial charge on any atom is -0.481 e. The van der Waals surface area contributed by atoms with Crippen molar-refractivity contribution in [3.05, 3.63) is 28.0 Å². The summed E-state index contributed by atoms with van der Waals surface area (Å²) in [6, 6.07) is 0. The van der Waals surface area contributed by atoms with Crippen LogP contribution in [0, 0.1) is 5.92 Å². The van der Waals surface area contributed by atoms with Gasteiger partial charge in [0.15, 0.2) is 0 Å². The van der Waals surface area contributed by atoms with E-state index >= 15 is 0 Å². The van der Waals surface area contributed by atoms with Gasteiger partial charge >= 0.3 is 5.97 Å². The van der Waals surface area contributed by atoms with Gasteiger partial charge in [-0.25, -0.2) is 0 Å². The van der Waals surface area contributed by atoms with Crippen molar-refractivity contribution in [1.82, 2.24) is 14.8 Å². The lowest BCUT2D eigenvalue weighted by atomic mass is 9.77. The van der Waals surface area contributed by atoms with Gasteiger partial charge in [0, 0.05) is 51.1 Å². The molecular weight excluding hydrogens is 353 g/mol. The van der Waals surface area contributed by atoms with E-state index in [9.17, 15) is 14.7 Å². The van der Waals surface area contributed by atoms with Crippen LogP contribution in [0.2, 0.25) is 10.0 Å². The molecule has 2 aliphatic heterocycles. The molecule has 6 nitrogen and oxygen atoms in total. The molecule has 8 heteroatoms. The van der Waals surface area contributed by atoms with Crippen molar-refractivity contribution >= 4 is 35.1 Å². The zero-order chi connectivity index (χ0) is 17.5. The maximum Gasteiger partial charge on any atom is 0.309 e. The number of amides is 1. The van der Waals surface area contributed by atoms with Crippen molar-refractivity contribution in [3.63, 3.8) is 0 Å². The summed E-state index contributed by atoms with van der Waals surface area (Å²) in [6.45, 7) is 1.97. The van der Waals surface area contributed by atoms with Gasteiger partial charge in [0.05, 0.1) is 21.5 Å². The number of halogens is 2. The van der Waals surface area contributed by atoms with Crippen molar-refractivity contribution in [2.45, 2.75) is 31.3 Å². The predicted molar refractivity (Wildman–Crippen MR) is 90.0 cm³/mol. The molecule has 1 N–H and O–H groups in total. The number of hydrogen-bond donors (Lipinski definition) is 1. The maximum atomic E-state index is 12.0. The monoisotopic (exact) mass is 371 g/mol. The lowest BCUT2D eigenvalue weighted by molar-refractivity contribution is -0.146. The van der Waals surface area contributed by atoms with E-state index in [1.165, 1.54) is 0 Å². The topological polar surface area (TPSA) is 73.7 Å². The van der Waals surface area contributed by atoms with E-state index in [1.807, 2.05) is 0 Å². The summed E-state index contributed by atoms with van der Waals surface area (Å²) in [5.41, 5.74) is 0.251. The third kappa shape index (κ3) is 2.87. The molecule has 1 aromatic rings. The van der Waals surface area contributed by atoms with Crippen LogP contribution in [0.5, 0.6) is 0 Å². The summed E-state index contributed by atoms with van der Waals surface area (Å²) in [6.07, 6.45) is 4.49. The summed E-state index contributed by atoms with van der Waals surface area (Å²) in [7, 11) is 1.72. The highest BCUT2D eigenvalue weighted by Gasteiger charge is 2.55. The van der Waals surface area contributed by atoms with Crippen LogP contribution in [-0.2, 0) is 16.1 Å². The number of carboxylic acids is 1. The van der Waals surface area contributed by atoms with Crippen molar-refractivity contribution in [3.8, 4) is 0 Å². The third-order valence-electron chi connectivity index (χ3n) is 5.42. The number of piperidine rings is 1. The summed E-state index contributed by atoms with van der Waals surface area (Å²) in [4.78, 5) is 31.4. The smallest absolute Gasteiger partial charge is 0.309 e. The number of carbonyl (C=O) groups is 2. The fraction of sp³-hybridized carbons (Fsp3) is 0.562. The van der Waals surface area contributed by atoms with Crippen molar-refractivity contribution < 1.29 is 14.7 Å². The number of nitrogens with zero attached hydrogens (tertiary/aromatic N) is 3. The molecule has 0 radical (unpaired) electrons. The second kappa shape index (κ2) is 6.50. The van der Waals surface area contributed by atoms with Gasteiger partial charge in [0.1, 0.15) is 0 Å². The molecule has 1 amide bonds. The van der Waals surface area contributed by atoms with Crippen LogP contribution in [0.15, 0.2) is 12.4 Å². The Labute approximate surface area is 150 Å². The Morgan fingerprint density at radius 1 is 1.33 bits per heavy atom. The van der Waals surface area contributed by atoms with Crippen molar-refractivity contribution in [2.24, 2.45) is 5.92 Å². The SMILES string of the molecule is CN1C(=O)C[C@@H](C(=O)O)C12CCN(Cc1c(Cl)cncc1Cl)CC2. The zero-order valence-electron chi connectivity index (χ0n) is 13.3. The highest BCUT2D eigenvalue weighted by atomic mass is 35.5. The van der Waals surface area contributed by atoms with Crippen LogP contribution in [-0.4, -0.2) is 57.4 Å². The predicted octanol–water partition coefficient (Wildman–Crippen LogP) is 2.29. The molecule has 0 bridgehead atoms. The maximum absolute atomic E-state index is 12.0. The van der Waals surface area contributed by atoms with E-state index in [0.717, 1.165) is 5.56 Å². The minimum absolute atomic E-state index is 0.0870. The second-order valence-corrected chi connectivity index (χ2v) is 7.32. The molecule has 3 rings (SSSR count). The van der Waals surface area contributed by atoms with E-state index in [4.69, 9.17) is 23.2 Å². The lowest BCUT2D eigenvalue weighted by Gasteiger charge is -2.45. The van der Waals surface area contributed by atoms with Crippen LogP contribution in [0.1, 0.15) is 24.8 Å². The number of carbonyl (C=O) groups excluding carboxylic acids is 1. The second-order valence-electron chi connectivity index (χ2n) is 6.51. The first-order valence-corrected chi connectivity index (χ1v) is 8.60. The van der Waals surface area contributed by atoms with Crippen LogP contribution in [0.25, 0.3) is 0 Å². The molecule has 2 saturated heterocycles. The molecule has 3 heterocycles. The van der Waals surface area contributed by atoms with Crippen molar-refractivity contribution in [1.29, 1.82) is 0 Å². The first-order valence-electron chi connectivity index (χ1n) is 7.85. The molecule has 130 valence electrons. The molecule has 2 aliphatic rings. The van der Waals surface area contributed by atoms with Gasteiger partial charge in [-0.2, -0.15) is 0 Å². The van der Waals surface area contributed by atoms with Gasteiger partial charge in [0.2, 0.25) is 5.91 Å². The fourth-order valence-corrected chi connectivity index (χ4v) is 4.38. The minimum atomic E-state index is -0.888. The summed E-state index contributed by atoms with van der Waals surface area (Å²) < 4.78 is 0. The van der Waals surface area contributed by atoms with Crippen LogP contribution < -0.4 is 0 Å². The zero-order valence-corrected chi connectivity index (χ0v) is 14.8. The Kier molecular flexibility index (Phi) is 4.73. The highest BCUT2D eigenvalue weighted by molar-refractivity contribution is 6.35. The Bertz CT molecular complexity index is 654. The molecule has 0 saturated carbocycles. The van der Waals surface area contributed by atoms with Crippen molar-refractivity contribution in [2.75, 3.05) is 20.1 Å². The highest BCUT2D eigenvalue weighted by Crippen LogP contribution is 2.43. The quantitative estimate of drug-likeness (QED) is 0.881. The van der Waals surface area contributed by atoms with Crippen LogP contribution in [0.4, 0.5) is 0 Å².